The molecule has 3 rings (SSSR count). The number of anilines is 1. The first kappa shape index (κ1) is 10.1. The Kier molecular flexibility index (Phi) is 2.66. The van der Waals surface area contributed by atoms with Crippen LogP contribution in [0.25, 0.3) is 0 Å². The Morgan fingerprint density at radius 3 is 2.88 bits per heavy atom. The zero-order chi connectivity index (χ0) is 11.5. The van der Waals surface area contributed by atoms with Gasteiger partial charge >= 0.3 is 0 Å². The van der Waals surface area contributed by atoms with E-state index in [0.717, 1.165) is 6.42 Å². The normalized spacial score (nSPS) is 17.3. The predicted molar refractivity (Wildman–Crippen MR) is 67.3 cm³/mol. The van der Waals surface area contributed by atoms with Gasteiger partial charge in [-0.15, -0.1) is 0 Å². The number of rotatable bonds is 3. The number of hydrogen-bond donors (Lipinski definition) is 1. The average Bonchev–Trinajstić information content (AvgIpc) is 2.80. The highest BCUT2D eigenvalue weighted by molar-refractivity contribution is 5.56. The van der Waals surface area contributed by atoms with Crippen LogP contribution < -0.4 is 10.1 Å². The van der Waals surface area contributed by atoms with E-state index in [4.69, 9.17) is 4.74 Å². The molecule has 3 nitrogen and oxygen atoms in total. The van der Waals surface area contributed by atoms with E-state index in [2.05, 4.69) is 28.5 Å². The van der Waals surface area contributed by atoms with Gasteiger partial charge in [-0.3, -0.25) is 0 Å². The van der Waals surface area contributed by atoms with Gasteiger partial charge in [0.05, 0.1) is 6.04 Å². The van der Waals surface area contributed by atoms with E-state index < -0.39 is 0 Å². The van der Waals surface area contributed by atoms with Gasteiger partial charge in [0.2, 0.25) is 5.88 Å². The second-order valence-corrected chi connectivity index (χ2v) is 4.18. The molecule has 1 unspecified atom stereocenters. The molecule has 2 aromatic rings. The first-order valence-corrected chi connectivity index (χ1v) is 5.80. The number of benzene rings is 1. The minimum Gasteiger partial charge on any atom is -0.475 e. The van der Waals surface area contributed by atoms with Crippen LogP contribution >= 0.6 is 0 Å². The summed E-state index contributed by atoms with van der Waals surface area (Å²) in [5.74, 6) is 0.685. The summed E-state index contributed by atoms with van der Waals surface area (Å²) >= 11 is 0. The topological polar surface area (TPSA) is 34.1 Å². The second-order valence-electron chi connectivity index (χ2n) is 4.18. The number of hydrogen-bond acceptors (Lipinski definition) is 3. The quantitative estimate of drug-likeness (QED) is 0.873. The molecule has 0 bridgehead atoms. The summed E-state index contributed by atoms with van der Waals surface area (Å²) in [6, 6.07) is 14.4. The van der Waals surface area contributed by atoms with Crippen LogP contribution in [-0.2, 0) is 6.42 Å². The Hall–Kier alpha value is -2.03. The van der Waals surface area contributed by atoms with Gasteiger partial charge in [-0.05, 0) is 24.1 Å². The minimum atomic E-state index is 0.342. The lowest BCUT2D eigenvalue weighted by atomic mass is 10.1. The zero-order valence-electron chi connectivity index (χ0n) is 9.47. The molecule has 17 heavy (non-hydrogen) atoms. The number of fused-ring (bicyclic) bond motifs is 1. The van der Waals surface area contributed by atoms with Crippen molar-refractivity contribution in [2.24, 2.45) is 0 Å². The number of nitrogens with one attached hydrogen (secondary N) is 1. The summed E-state index contributed by atoms with van der Waals surface area (Å²) in [5, 5.41) is 3.45. The van der Waals surface area contributed by atoms with Gasteiger partial charge in [-0.1, -0.05) is 24.3 Å². The molecule has 0 radical (unpaired) electrons. The SMILES string of the molecule is c1ccc(OCC2Cc3ccccc3N2)nc1. The summed E-state index contributed by atoms with van der Waals surface area (Å²) in [5.41, 5.74) is 2.59. The Morgan fingerprint density at radius 2 is 2.06 bits per heavy atom. The van der Waals surface area contributed by atoms with Gasteiger partial charge in [0.15, 0.2) is 0 Å². The molecule has 1 atom stereocenters. The smallest absolute Gasteiger partial charge is 0.213 e. The van der Waals surface area contributed by atoms with Crippen molar-refractivity contribution < 1.29 is 4.74 Å². The fourth-order valence-electron chi connectivity index (χ4n) is 2.09. The summed E-state index contributed by atoms with van der Waals surface area (Å²) in [7, 11) is 0. The molecule has 1 aromatic carbocycles. The van der Waals surface area contributed by atoms with Gasteiger partial charge in [-0.25, -0.2) is 4.98 Å². The number of aromatic nitrogens is 1. The van der Waals surface area contributed by atoms with Crippen molar-refractivity contribution in [3.8, 4) is 5.88 Å². The molecule has 0 spiro atoms. The second kappa shape index (κ2) is 4.45. The van der Waals surface area contributed by atoms with Crippen molar-refractivity contribution >= 4 is 5.69 Å². The minimum absolute atomic E-state index is 0.342. The van der Waals surface area contributed by atoms with Crippen molar-refractivity contribution in [1.29, 1.82) is 0 Å². The van der Waals surface area contributed by atoms with E-state index in [1.165, 1.54) is 11.3 Å². The van der Waals surface area contributed by atoms with Gasteiger partial charge < -0.3 is 10.1 Å². The number of para-hydroxylation sites is 1. The van der Waals surface area contributed by atoms with E-state index in [-0.39, 0.29) is 0 Å². The summed E-state index contributed by atoms with van der Waals surface area (Å²) < 4.78 is 5.65. The van der Waals surface area contributed by atoms with E-state index in [1.54, 1.807) is 6.20 Å². The molecule has 1 aliphatic heterocycles. The number of ether oxygens (including phenoxy) is 1. The van der Waals surface area contributed by atoms with E-state index in [1.807, 2.05) is 24.3 Å². The molecule has 1 aliphatic rings. The molecule has 86 valence electrons. The van der Waals surface area contributed by atoms with Crippen molar-refractivity contribution in [1.82, 2.24) is 4.98 Å². The lowest BCUT2D eigenvalue weighted by molar-refractivity contribution is 0.288. The monoisotopic (exact) mass is 226 g/mol. The van der Waals surface area contributed by atoms with Crippen LogP contribution in [0.15, 0.2) is 48.7 Å². The maximum absolute atomic E-state index is 5.65. The van der Waals surface area contributed by atoms with Crippen LogP contribution in [0.2, 0.25) is 0 Å². The van der Waals surface area contributed by atoms with Crippen LogP contribution in [0.5, 0.6) is 5.88 Å². The third kappa shape index (κ3) is 2.23. The molecule has 1 N–H and O–H groups in total. The van der Waals surface area contributed by atoms with Crippen LogP contribution in [0.1, 0.15) is 5.56 Å². The van der Waals surface area contributed by atoms with Crippen molar-refractivity contribution in [3.05, 3.63) is 54.2 Å². The Morgan fingerprint density at radius 1 is 1.18 bits per heavy atom. The fraction of sp³-hybridized carbons (Fsp3) is 0.214. The maximum atomic E-state index is 5.65. The first-order chi connectivity index (χ1) is 8.42. The largest absolute Gasteiger partial charge is 0.475 e. The van der Waals surface area contributed by atoms with Crippen LogP contribution in [0.3, 0.4) is 0 Å². The van der Waals surface area contributed by atoms with E-state index in [9.17, 15) is 0 Å². The maximum Gasteiger partial charge on any atom is 0.213 e. The molecule has 3 heteroatoms. The van der Waals surface area contributed by atoms with Gasteiger partial charge in [0, 0.05) is 18.0 Å². The van der Waals surface area contributed by atoms with Crippen LogP contribution in [0.4, 0.5) is 5.69 Å². The number of pyridine rings is 1. The first-order valence-electron chi connectivity index (χ1n) is 5.80. The number of nitrogens with zero attached hydrogens (tertiary/aromatic N) is 1. The molecule has 0 fully saturated rings. The summed E-state index contributed by atoms with van der Waals surface area (Å²) in [6.07, 6.45) is 2.76. The molecular weight excluding hydrogens is 212 g/mol. The molecule has 0 saturated heterocycles. The zero-order valence-corrected chi connectivity index (χ0v) is 9.47. The van der Waals surface area contributed by atoms with Crippen LogP contribution in [-0.4, -0.2) is 17.6 Å². The average molecular weight is 226 g/mol. The van der Waals surface area contributed by atoms with E-state index >= 15 is 0 Å². The molecule has 2 heterocycles. The van der Waals surface area contributed by atoms with Crippen molar-refractivity contribution in [2.45, 2.75) is 12.5 Å². The molecule has 0 saturated carbocycles. The molecule has 0 aliphatic carbocycles. The third-order valence-electron chi connectivity index (χ3n) is 2.91. The lowest BCUT2D eigenvalue weighted by Gasteiger charge is -2.11. The van der Waals surface area contributed by atoms with Gasteiger partial charge in [-0.2, -0.15) is 0 Å². The van der Waals surface area contributed by atoms with Crippen LogP contribution in [0, 0.1) is 0 Å². The highest BCUT2D eigenvalue weighted by Crippen LogP contribution is 2.25. The molecular formula is C14H14N2O. The summed E-state index contributed by atoms with van der Waals surface area (Å²) in [4.78, 5) is 4.14. The molecule has 0 amide bonds. The summed E-state index contributed by atoms with van der Waals surface area (Å²) in [6.45, 7) is 0.645. The third-order valence-corrected chi connectivity index (χ3v) is 2.91. The van der Waals surface area contributed by atoms with E-state index in [0.29, 0.717) is 18.5 Å². The Balaban J connectivity index is 1.59. The van der Waals surface area contributed by atoms with Gasteiger partial charge in [0.25, 0.3) is 0 Å². The van der Waals surface area contributed by atoms with Crippen molar-refractivity contribution in [3.63, 3.8) is 0 Å². The highest BCUT2D eigenvalue weighted by atomic mass is 16.5. The predicted octanol–water partition coefficient (Wildman–Crippen LogP) is 2.50. The lowest BCUT2D eigenvalue weighted by Crippen LogP contribution is -2.24. The standard InChI is InChI=1S/C14H14N2O/c1-2-6-13-11(5-1)9-12(16-13)10-17-14-7-3-4-8-15-14/h1-8,12,16H,9-10H2. The fourth-order valence-corrected chi connectivity index (χ4v) is 2.09. The Labute approximate surface area is 100 Å². The highest BCUT2D eigenvalue weighted by Gasteiger charge is 2.20. The Bertz CT molecular complexity index is 474. The van der Waals surface area contributed by atoms with Gasteiger partial charge in [0.1, 0.15) is 6.61 Å². The molecule has 1 aromatic heterocycles. The van der Waals surface area contributed by atoms with Crippen molar-refractivity contribution in [2.75, 3.05) is 11.9 Å².